The Morgan fingerprint density at radius 1 is 0.402 bits per heavy atom. The highest BCUT2D eigenvalue weighted by molar-refractivity contribution is 5.95. The first-order valence-corrected chi connectivity index (χ1v) is 42.3. The molecule has 1 aliphatic rings. The quantitative estimate of drug-likeness (QED) is 0.0141. The first-order valence-electron chi connectivity index (χ1n) is 42.3. The van der Waals surface area contributed by atoms with Crippen molar-refractivity contribution in [2.24, 2.45) is 41.4 Å². The van der Waals surface area contributed by atoms with Gasteiger partial charge in [-0.2, -0.15) is 0 Å². The Labute approximate surface area is 624 Å². The van der Waals surface area contributed by atoms with E-state index in [1.165, 1.54) is 122 Å². The molecule has 0 aromatic rings. The molecule has 0 amide bonds. The number of cyclic esters (lactones) is 2. The van der Waals surface area contributed by atoms with E-state index in [1.54, 1.807) is 0 Å². The van der Waals surface area contributed by atoms with Crippen LogP contribution in [0.5, 0.6) is 0 Å². The maximum atomic E-state index is 13.6. The lowest BCUT2D eigenvalue weighted by atomic mass is 9.88. The minimum Gasteiger partial charge on any atom is -0.466 e. The molecule has 0 saturated carbocycles. The predicted molar refractivity (Wildman–Crippen MR) is 420 cm³/mol. The highest BCUT2D eigenvalue weighted by atomic mass is 16.6. The smallest absolute Gasteiger partial charge is 0.317 e. The number of unbranched alkanes of at least 4 members (excludes halogenated alkanes) is 33. The maximum Gasteiger partial charge on any atom is 0.317 e. The maximum absolute atomic E-state index is 13.6. The van der Waals surface area contributed by atoms with E-state index in [9.17, 15) is 33.6 Å². The van der Waals surface area contributed by atoms with Crippen molar-refractivity contribution in [2.45, 2.75) is 383 Å². The molecule has 1 aliphatic heterocycles. The molecule has 0 aromatic heterocycles. The number of hydrogen-bond acceptors (Lipinski definition) is 13. The third-order valence-corrected chi connectivity index (χ3v) is 20.3. The van der Waals surface area contributed by atoms with Gasteiger partial charge in [0.15, 0.2) is 6.10 Å². The molecule has 13 heteroatoms. The number of ether oxygens (including phenoxy) is 6. The number of esters is 7. The highest BCUT2D eigenvalue weighted by Crippen LogP contribution is 2.30. The van der Waals surface area contributed by atoms with Crippen molar-refractivity contribution in [3.8, 4) is 0 Å². The van der Waals surface area contributed by atoms with Crippen LogP contribution in [0.2, 0.25) is 0 Å². The Morgan fingerprint density at radius 2 is 0.814 bits per heavy atom. The molecule has 0 aliphatic carbocycles. The van der Waals surface area contributed by atoms with Crippen LogP contribution < -0.4 is 0 Å². The van der Waals surface area contributed by atoms with E-state index in [1.807, 2.05) is 39.0 Å². The van der Waals surface area contributed by atoms with Gasteiger partial charge in [-0.25, -0.2) is 0 Å². The Hall–Kier alpha value is -5.07. The molecule has 586 valence electrons. The van der Waals surface area contributed by atoms with Crippen LogP contribution in [0.3, 0.4) is 0 Å². The van der Waals surface area contributed by atoms with E-state index in [4.69, 9.17) is 28.4 Å². The van der Waals surface area contributed by atoms with Crippen LogP contribution in [0.1, 0.15) is 376 Å². The highest BCUT2D eigenvalue weighted by Gasteiger charge is 2.37. The second kappa shape index (κ2) is 69.0. The van der Waals surface area contributed by atoms with E-state index >= 15 is 0 Å². The molecule has 0 N–H and O–H groups in total. The number of hydrogen-bond donors (Lipinski definition) is 0. The lowest BCUT2D eigenvalue weighted by Gasteiger charge is -2.22. The van der Waals surface area contributed by atoms with Crippen molar-refractivity contribution in [2.75, 3.05) is 26.4 Å². The van der Waals surface area contributed by atoms with Gasteiger partial charge in [0.05, 0.1) is 37.4 Å². The van der Waals surface area contributed by atoms with Crippen LogP contribution in [-0.2, 0) is 62.0 Å². The van der Waals surface area contributed by atoms with E-state index < -0.39 is 24.0 Å². The third-order valence-electron chi connectivity index (χ3n) is 20.3. The van der Waals surface area contributed by atoms with Gasteiger partial charge in [-0.1, -0.05) is 320 Å². The summed E-state index contributed by atoms with van der Waals surface area (Å²) < 4.78 is 33.3. The molecular formula is C89H152O13. The van der Waals surface area contributed by atoms with E-state index in [0.717, 1.165) is 154 Å². The fourth-order valence-corrected chi connectivity index (χ4v) is 13.4. The molecule has 8 atom stereocenters. The van der Waals surface area contributed by atoms with Gasteiger partial charge in [0.25, 0.3) is 0 Å². The molecule has 13 nitrogen and oxygen atoms in total. The second-order valence-corrected chi connectivity index (χ2v) is 29.5. The summed E-state index contributed by atoms with van der Waals surface area (Å²) in [5.74, 6) is -2.18. The minimum atomic E-state index is -0.895. The zero-order chi connectivity index (χ0) is 74.6. The molecule has 8 unspecified atom stereocenters. The molecular weight excluding hydrogens is 1280 g/mol. The Bertz CT molecular complexity index is 2280. The van der Waals surface area contributed by atoms with Gasteiger partial charge < -0.3 is 28.4 Å². The number of carbonyl (C=O) groups is 7. The zero-order valence-electron chi connectivity index (χ0n) is 66.5. The molecule has 0 bridgehead atoms. The predicted octanol–water partition coefficient (Wildman–Crippen LogP) is 24.5. The summed E-state index contributed by atoms with van der Waals surface area (Å²) in [6, 6.07) is 0. The Balaban J connectivity index is 2.69. The summed E-state index contributed by atoms with van der Waals surface area (Å²) in [7, 11) is 0. The van der Waals surface area contributed by atoms with Crippen LogP contribution in [0, 0.1) is 41.4 Å². The molecule has 0 aromatic carbocycles. The van der Waals surface area contributed by atoms with Crippen molar-refractivity contribution >= 4 is 41.8 Å². The van der Waals surface area contributed by atoms with Crippen molar-refractivity contribution < 1.29 is 62.0 Å². The standard InChI is InChI=1S/C89H152O13/c1-9-15-19-22-25-35-43-53-62-77(61-52-42-23-20-16-10-2)72-100-88(95)76(8)79(64-51-18-12-4)65-56-46-37-32-30-34-39-49-59-69-84(91)99-74-81(101-85(92)70-60-50-41-40-47-57-67-80(75(7)87(94)97-14-6)66-55-44-24-21-17-11-3)73-98-83(90)68-58-48-38-33-29-27-26-28-31-36-45-54-63-78(13-5)82-71-86(93)102-89(82)96/h26,28,36-37,45-46,54,56-57,63,65,67,75-82H,9-25,27,29-35,38-44,47-53,55,58-62,64,66,68-74H2,1-8H3/b28-26-,45-36-,46-37-,63-54+,65-56+,67-57+. The lowest BCUT2D eigenvalue weighted by molar-refractivity contribution is -0.167. The van der Waals surface area contributed by atoms with Crippen LogP contribution in [0.15, 0.2) is 72.9 Å². The van der Waals surface area contributed by atoms with E-state index in [-0.39, 0.29) is 98.3 Å². The Kier molecular flexibility index (Phi) is 64.2. The van der Waals surface area contributed by atoms with Crippen molar-refractivity contribution in [3.05, 3.63) is 72.9 Å². The van der Waals surface area contributed by atoms with Crippen LogP contribution >= 0.6 is 0 Å². The molecule has 0 spiro atoms. The summed E-state index contributed by atoms with van der Waals surface area (Å²) in [6.07, 6.45) is 75.8. The SMILES string of the molecule is CCCCCCCCCCC(CCCCCCCC)COC(=O)C(C)C(/C=C/C=C\CCCCCCCC(=O)OCC(COC(=O)CCCCCCC/C=C\C/C=C\C=C\C(CC)C1CC(=O)OC1=O)OC(=O)CCCCCC/C=C/C(CCCCCCCC)C(C)C(=O)OCC)CCCCC. The Morgan fingerprint density at radius 3 is 1.31 bits per heavy atom. The molecule has 1 saturated heterocycles. The summed E-state index contributed by atoms with van der Waals surface area (Å²) in [6.45, 7) is 17.5. The average Bonchev–Trinajstić information content (AvgIpc) is 1.69. The molecule has 102 heavy (non-hydrogen) atoms. The van der Waals surface area contributed by atoms with Crippen molar-refractivity contribution in [3.63, 3.8) is 0 Å². The monoisotopic (exact) mass is 1430 g/mol. The summed E-state index contributed by atoms with van der Waals surface area (Å²) >= 11 is 0. The van der Waals surface area contributed by atoms with Crippen LogP contribution in [0.25, 0.3) is 0 Å². The largest absolute Gasteiger partial charge is 0.466 e. The van der Waals surface area contributed by atoms with Crippen molar-refractivity contribution in [1.82, 2.24) is 0 Å². The second-order valence-electron chi connectivity index (χ2n) is 29.5. The van der Waals surface area contributed by atoms with Gasteiger partial charge in [-0.3, -0.25) is 33.6 Å². The van der Waals surface area contributed by atoms with Gasteiger partial charge in [-0.15, -0.1) is 0 Å². The summed E-state index contributed by atoms with van der Waals surface area (Å²) in [4.78, 5) is 88.9. The molecule has 0 radical (unpaired) electrons. The fourth-order valence-electron chi connectivity index (χ4n) is 13.4. The first kappa shape index (κ1) is 94.9. The van der Waals surface area contributed by atoms with Crippen molar-refractivity contribution in [1.29, 1.82) is 0 Å². The number of allylic oxidation sites excluding steroid dienone is 12. The van der Waals surface area contributed by atoms with Gasteiger partial charge in [0.1, 0.15) is 13.2 Å². The first-order chi connectivity index (χ1) is 49.7. The van der Waals surface area contributed by atoms with Crippen LogP contribution in [-0.4, -0.2) is 74.3 Å². The van der Waals surface area contributed by atoms with E-state index in [0.29, 0.717) is 38.4 Å². The topological polar surface area (TPSA) is 175 Å². The average molecular weight is 1430 g/mol. The lowest BCUT2D eigenvalue weighted by Crippen LogP contribution is -2.30. The zero-order valence-corrected chi connectivity index (χ0v) is 66.5. The minimum absolute atomic E-state index is 0.0128. The molecule has 1 heterocycles. The fraction of sp³-hybridized carbons (Fsp3) is 0.787. The normalized spacial score (nSPS) is 15.6. The third kappa shape index (κ3) is 54.5. The summed E-state index contributed by atoms with van der Waals surface area (Å²) in [5, 5.41) is 0. The van der Waals surface area contributed by atoms with Gasteiger partial charge in [-0.05, 0) is 127 Å². The summed E-state index contributed by atoms with van der Waals surface area (Å²) in [5.41, 5.74) is 0. The number of carbonyl (C=O) groups excluding carboxylic acids is 7. The van der Waals surface area contributed by atoms with Gasteiger partial charge >= 0.3 is 41.8 Å². The molecule has 1 rings (SSSR count). The number of rotatable bonds is 71. The van der Waals surface area contributed by atoms with Gasteiger partial charge in [0, 0.05) is 19.3 Å². The van der Waals surface area contributed by atoms with E-state index in [2.05, 4.69) is 89.3 Å². The van der Waals surface area contributed by atoms with Gasteiger partial charge in [0.2, 0.25) is 0 Å². The van der Waals surface area contributed by atoms with Crippen LogP contribution in [0.4, 0.5) is 0 Å². The molecule has 1 fully saturated rings.